The Morgan fingerprint density at radius 3 is 2.41 bits per heavy atom. The van der Waals surface area contributed by atoms with Crippen molar-refractivity contribution in [2.24, 2.45) is 5.92 Å². The number of nitrogens with one attached hydrogen (secondary N) is 1. The highest BCUT2D eigenvalue weighted by atomic mass is 16.5. The Balaban J connectivity index is 2.05. The number of hydrogen-bond acceptors (Lipinski definition) is 3. The molecule has 1 heterocycles. The number of anilines is 1. The first-order valence-corrected chi connectivity index (χ1v) is 7.64. The van der Waals surface area contributed by atoms with Gasteiger partial charge in [-0.2, -0.15) is 0 Å². The average molecular weight is 304 g/mol. The smallest absolute Gasteiger partial charge is 0.227 e. The number of piperidine rings is 1. The van der Waals surface area contributed by atoms with Crippen LogP contribution in [0.25, 0.3) is 0 Å². The summed E-state index contributed by atoms with van der Waals surface area (Å²) in [7, 11) is 1.61. The van der Waals surface area contributed by atoms with Crippen LogP contribution >= 0.6 is 0 Å². The van der Waals surface area contributed by atoms with Crippen LogP contribution < -0.4 is 10.1 Å². The van der Waals surface area contributed by atoms with Crippen molar-refractivity contribution < 1.29 is 14.3 Å². The van der Waals surface area contributed by atoms with Gasteiger partial charge in [-0.15, -0.1) is 0 Å². The van der Waals surface area contributed by atoms with Crippen molar-refractivity contribution in [3.8, 4) is 5.75 Å². The van der Waals surface area contributed by atoms with Crippen LogP contribution in [0.3, 0.4) is 0 Å². The van der Waals surface area contributed by atoms with Gasteiger partial charge in [-0.25, -0.2) is 0 Å². The van der Waals surface area contributed by atoms with Gasteiger partial charge < -0.3 is 15.0 Å². The van der Waals surface area contributed by atoms with Gasteiger partial charge in [-0.05, 0) is 43.9 Å². The Labute approximate surface area is 131 Å². The minimum Gasteiger partial charge on any atom is -0.494 e. The number of hydrogen-bond donors (Lipinski definition) is 1. The van der Waals surface area contributed by atoms with Gasteiger partial charge in [-0.3, -0.25) is 9.59 Å². The van der Waals surface area contributed by atoms with Crippen LogP contribution in [0, 0.1) is 19.8 Å². The zero-order valence-electron chi connectivity index (χ0n) is 13.7. The van der Waals surface area contributed by atoms with Crippen molar-refractivity contribution >= 4 is 17.5 Å². The third kappa shape index (κ3) is 3.59. The first-order chi connectivity index (χ1) is 10.4. The van der Waals surface area contributed by atoms with Gasteiger partial charge in [0.05, 0.1) is 12.8 Å². The Hall–Kier alpha value is -2.04. The summed E-state index contributed by atoms with van der Waals surface area (Å²) in [6.45, 7) is 6.83. The lowest BCUT2D eigenvalue weighted by Crippen LogP contribution is -2.40. The molecule has 5 heteroatoms. The number of rotatable bonds is 3. The molecule has 1 aliphatic rings. The molecule has 22 heavy (non-hydrogen) atoms. The number of benzene rings is 1. The molecule has 0 aliphatic carbocycles. The largest absolute Gasteiger partial charge is 0.494 e. The van der Waals surface area contributed by atoms with Crippen molar-refractivity contribution in [3.05, 3.63) is 23.3 Å². The van der Waals surface area contributed by atoms with Crippen LogP contribution in [-0.4, -0.2) is 36.9 Å². The topological polar surface area (TPSA) is 58.6 Å². The Kier molecular flexibility index (Phi) is 5.06. The molecule has 0 bridgehead atoms. The van der Waals surface area contributed by atoms with Crippen LogP contribution in [0.5, 0.6) is 5.75 Å². The number of amides is 2. The second kappa shape index (κ2) is 6.81. The van der Waals surface area contributed by atoms with Gasteiger partial charge in [0.2, 0.25) is 11.8 Å². The fourth-order valence-corrected chi connectivity index (χ4v) is 3.01. The summed E-state index contributed by atoms with van der Waals surface area (Å²) in [6, 6.07) is 3.95. The van der Waals surface area contributed by atoms with Crippen molar-refractivity contribution in [2.75, 3.05) is 25.5 Å². The summed E-state index contributed by atoms with van der Waals surface area (Å²) in [5.41, 5.74) is 2.81. The average Bonchev–Trinajstić information content (AvgIpc) is 2.47. The maximum atomic E-state index is 12.5. The van der Waals surface area contributed by atoms with E-state index in [0.717, 1.165) is 16.8 Å². The van der Waals surface area contributed by atoms with Gasteiger partial charge in [-0.1, -0.05) is 6.07 Å². The highest BCUT2D eigenvalue weighted by Crippen LogP contribution is 2.31. The van der Waals surface area contributed by atoms with E-state index in [4.69, 9.17) is 4.74 Å². The predicted molar refractivity (Wildman–Crippen MR) is 86.1 cm³/mol. The molecule has 1 N–H and O–H groups in total. The lowest BCUT2D eigenvalue weighted by atomic mass is 9.95. The third-order valence-electron chi connectivity index (χ3n) is 4.19. The molecular weight excluding hydrogens is 280 g/mol. The molecule has 1 saturated heterocycles. The quantitative estimate of drug-likeness (QED) is 0.933. The first kappa shape index (κ1) is 16.3. The summed E-state index contributed by atoms with van der Waals surface area (Å²) in [5.74, 6) is 0.739. The molecule has 1 aliphatic heterocycles. The minimum absolute atomic E-state index is 0.00602. The molecular formula is C17H24N2O3. The van der Waals surface area contributed by atoms with Crippen molar-refractivity contribution in [1.29, 1.82) is 0 Å². The number of ether oxygens (including phenoxy) is 1. The molecule has 0 saturated carbocycles. The lowest BCUT2D eigenvalue weighted by molar-refractivity contribution is -0.132. The molecule has 0 unspecified atom stereocenters. The van der Waals surface area contributed by atoms with E-state index in [-0.39, 0.29) is 17.7 Å². The standard InChI is InChI=1S/C17H24N2O3/c1-11-9-12(2)16(22-4)15(10-11)18-17(21)14-5-7-19(8-6-14)13(3)20/h9-10,14H,5-8H2,1-4H3,(H,18,21). The van der Waals surface area contributed by atoms with Crippen LogP contribution in [0.2, 0.25) is 0 Å². The monoisotopic (exact) mass is 304 g/mol. The maximum Gasteiger partial charge on any atom is 0.227 e. The fourth-order valence-electron chi connectivity index (χ4n) is 3.01. The first-order valence-electron chi connectivity index (χ1n) is 7.64. The van der Waals surface area contributed by atoms with Gasteiger partial charge in [0.25, 0.3) is 0 Å². The van der Waals surface area contributed by atoms with Crippen LogP contribution in [0.15, 0.2) is 12.1 Å². The maximum absolute atomic E-state index is 12.5. The number of carbonyl (C=O) groups excluding carboxylic acids is 2. The van der Waals surface area contributed by atoms with Gasteiger partial charge in [0, 0.05) is 25.9 Å². The zero-order valence-corrected chi connectivity index (χ0v) is 13.7. The van der Waals surface area contributed by atoms with E-state index in [2.05, 4.69) is 5.32 Å². The van der Waals surface area contributed by atoms with Gasteiger partial charge in [0.15, 0.2) is 0 Å². The lowest BCUT2D eigenvalue weighted by Gasteiger charge is -2.30. The number of nitrogens with zero attached hydrogens (tertiary/aromatic N) is 1. The van der Waals surface area contributed by atoms with Crippen molar-refractivity contribution in [3.63, 3.8) is 0 Å². The molecule has 0 radical (unpaired) electrons. The van der Waals surface area contributed by atoms with E-state index in [1.165, 1.54) is 0 Å². The summed E-state index contributed by atoms with van der Waals surface area (Å²) in [5, 5.41) is 2.99. The molecule has 1 aromatic carbocycles. The molecule has 5 nitrogen and oxygen atoms in total. The Morgan fingerprint density at radius 1 is 1.23 bits per heavy atom. The number of aryl methyl sites for hydroxylation is 2. The number of methoxy groups -OCH3 is 1. The van der Waals surface area contributed by atoms with Crippen LogP contribution in [0.4, 0.5) is 5.69 Å². The third-order valence-corrected chi connectivity index (χ3v) is 4.19. The van der Waals surface area contributed by atoms with E-state index in [1.807, 2.05) is 26.0 Å². The minimum atomic E-state index is -0.0545. The van der Waals surface area contributed by atoms with Gasteiger partial charge in [0.1, 0.15) is 5.75 Å². The normalized spacial score (nSPS) is 15.5. The molecule has 0 aromatic heterocycles. The van der Waals surface area contributed by atoms with E-state index < -0.39 is 0 Å². The molecule has 0 atom stereocenters. The molecule has 0 spiro atoms. The van der Waals surface area contributed by atoms with E-state index in [9.17, 15) is 9.59 Å². The second-order valence-corrected chi connectivity index (χ2v) is 5.93. The Bertz CT molecular complexity index is 576. The zero-order chi connectivity index (χ0) is 16.3. The van der Waals surface area contributed by atoms with Gasteiger partial charge >= 0.3 is 0 Å². The summed E-state index contributed by atoms with van der Waals surface area (Å²) in [6.07, 6.45) is 1.41. The predicted octanol–water partition coefficient (Wildman–Crippen LogP) is 2.51. The highest BCUT2D eigenvalue weighted by molar-refractivity contribution is 5.94. The SMILES string of the molecule is COc1c(C)cc(C)cc1NC(=O)C1CCN(C(C)=O)CC1. The van der Waals surface area contributed by atoms with Crippen molar-refractivity contribution in [1.82, 2.24) is 4.90 Å². The molecule has 1 fully saturated rings. The molecule has 2 rings (SSSR count). The molecule has 1 aromatic rings. The summed E-state index contributed by atoms with van der Waals surface area (Å²) < 4.78 is 5.40. The van der Waals surface area contributed by atoms with E-state index >= 15 is 0 Å². The Morgan fingerprint density at radius 2 is 1.86 bits per heavy atom. The van der Waals surface area contributed by atoms with E-state index in [0.29, 0.717) is 31.7 Å². The van der Waals surface area contributed by atoms with E-state index in [1.54, 1.807) is 18.9 Å². The van der Waals surface area contributed by atoms with Crippen LogP contribution in [0.1, 0.15) is 30.9 Å². The van der Waals surface area contributed by atoms with Crippen molar-refractivity contribution in [2.45, 2.75) is 33.6 Å². The molecule has 2 amide bonds. The van der Waals surface area contributed by atoms with Crippen LogP contribution in [-0.2, 0) is 9.59 Å². The molecule has 120 valence electrons. The highest BCUT2D eigenvalue weighted by Gasteiger charge is 2.26. The fraction of sp³-hybridized carbons (Fsp3) is 0.529. The second-order valence-electron chi connectivity index (χ2n) is 5.93. The summed E-state index contributed by atoms with van der Waals surface area (Å²) >= 11 is 0. The summed E-state index contributed by atoms with van der Waals surface area (Å²) in [4.78, 5) is 25.6. The number of carbonyl (C=O) groups is 2. The number of likely N-dealkylation sites (tertiary alicyclic amines) is 1.